The van der Waals surface area contributed by atoms with Crippen molar-refractivity contribution in [2.24, 2.45) is 11.8 Å². The lowest BCUT2D eigenvalue weighted by Crippen LogP contribution is -2.43. The van der Waals surface area contributed by atoms with Crippen molar-refractivity contribution in [2.75, 3.05) is 24.5 Å². The quantitative estimate of drug-likeness (QED) is 0.274. The number of aromatic nitrogens is 1. The van der Waals surface area contributed by atoms with E-state index < -0.39 is 0 Å². The fraction of sp³-hybridized carbons (Fsp3) is 0.615. The maximum absolute atomic E-state index is 13.3. The predicted octanol–water partition coefficient (Wildman–Crippen LogP) is 5.31. The number of carbonyl (C=O) groups excluding carboxylic acids is 1. The van der Waals surface area contributed by atoms with Crippen LogP contribution in [-0.2, 0) is 11.3 Å². The van der Waals surface area contributed by atoms with Gasteiger partial charge >= 0.3 is 0 Å². The van der Waals surface area contributed by atoms with E-state index >= 15 is 0 Å². The summed E-state index contributed by atoms with van der Waals surface area (Å²) >= 11 is 6.85. The van der Waals surface area contributed by atoms with Gasteiger partial charge < -0.3 is 4.90 Å². The Hall–Kier alpha value is -2.11. The van der Waals surface area contributed by atoms with Crippen LogP contribution in [0.5, 0.6) is 0 Å². The van der Waals surface area contributed by atoms with Gasteiger partial charge in [0.05, 0.1) is 4.91 Å². The molecule has 0 spiro atoms. The van der Waals surface area contributed by atoms with Crippen molar-refractivity contribution in [3.63, 3.8) is 0 Å². The molecule has 0 N–H and O–H groups in total. The molecule has 2 fully saturated rings. The van der Waals surface area contributed by atoms with Gasteiger partial charge in [-0.15, -0.1) is 0 Å². The average molecular weight is 501 g/mol. The Kier molecular flexibility index (Phi) is 9.00. The van der Waals surface area contributed by atoms with Crippen LogP contribution >= 0.6 is 24.0 Å². The number of nitriles is 1. The molecule has 0 bridgehead atoms. The fourth-order valence-electron chi connectivity index (χ4n) is 5.10. The first-order valence-corrected chi connectivity index (χ1v) is 13.6. The smallest absolute Gasteiger partial charge is 0.270 e. The van der Waals surface area contributed by atoms with Crippen molar-refractivity contribution in [1.82, 2.24) is 9.47 Å². The third kappa shape index (κ3) is 5.41. The molecule has 2 atom stereocenters. The number of carbonyl (C=O) groups is 1. The normalized spacial score (nSPS) is 22.1. The molecule has 184 valence electrons. The minimum absolute atomic E-state index is 0.0800. The molecule has 34 heavy (non-hydrogen) atoms. The summed E-state index contributed by atoms with van der Waals surface area (Å²) in [5, 5.41) is 9.82. The molecule has 1 aromatic rings. The van der Waals surface area contributed by atoms with Crippen LogP contribution in [0, 0.1) is 30.1 Å². The first kappa shape index (κ1) is 26.5. The number of rotatable bonds is 8. The molecule has 6 nitrogen and oxygen atoms in total. The Morgan fingerprint density at radius 3 is 2.38 bits per heavy atom. The first-order valence-electron chi connectivity index (χ1n) is 12.4. The number of nitrogens with zero attached hydrogens (tertiary/aromatic N) is 4. The van der Waals surface area contributed by atoms with E-state index in [9.17, 15) is 14.9 Å². The lowest BCUT2D eigenvalue weighted by atomic mass is 9.91. The van der Waals surface area contributed by atoms with E-state index in [1.54, 1.807) is 9.47 Å². The molecule has 2 unspecified atom stereocenters. The Bertz CT molecular complexity index is 1080. The second kappa shape index (κ2) is 11.5. The fourth-order valence-corrected chi connectivity index (χ4v) is 6.39. The maximum Gasteiger partial charge on any atom is 0.270 e. The van der Waals surface area contributed by atoms with Gasteiger partial charge in [0.15, 0.2) is 0 Å². The summed E-state index contributed by atoms with van der Waals surface area (Å²) in [6, 6.07) is 2.13. The van der Waals surface area contributed by atoms with E-state index in [0.29, 0.717) is 39.7 Å². The number of thiocarbonyl (C=S) groups is 1. The van der Waals surface area contributed by atoms with Gasteiger partial charge in [-0.3, -0.25) is 19.1 Å². The molecule has 3 heterocycles. The summed E-state index contributed by atoms with van der Waals surface area (Å²) in [5.74, 6) is 1.74. The van der Waals surface area contributed by atoms with E-state index in [1.807, 2.05) is 19.9 Å². The van der Waals surface area contributed by atoms with E-state index in [2.05, 4.69) is 31.7 Å². The van der Waals surface area contributed by atoms with Gasteiger partial charge in [-0.05, 0) is 49.7 Å². The van der Waals surface area contributed by atoms with Gasteiger partial charge in [-0.2, -0.15) is 5.26 Å². The predicted molar refractivity (Wildman–Crippen MR) is 145 cm³/mol. The molecular formula is C26H36N4O2S2. The van der Waals surface area contributed by atoms with Crippen LogP contribution in [0.1, 0.15) is 76.5 Å². The summed E-state index contributed by atoms with van der Waals surface area (Å²) in [5.41, 5.74) is 1.34. The number of thioether (sulfide) groups is 1. The summed E-state index contributed by atoms with van der Waals surface area (Å²) in [4.78, 5) is 31.1. The largest absolute Gasteiger partial charge is 0.357 e. The molecule has 8 heteroatoms. The summed E-state index contributed by atoms with van der Waals surface area (Å²) in [6.07, 6.45) is 6.85. The molecule has 0 radical (unpaired) electrons. The second-order valence-electron chi connectivity index (χ2n) is 9.70. The highest BCUT2D eigenvalue weighted by Crippen LogP contribution is 2.37. The van der Waals surface area contributed by atoms with Gasteiger partial charge in [0.1, 0.15) is 21.8 Å². The molecule has 2 aliphatic heterocycles. The molecule has 0 saturated carbocycles. The number of hydrogen-bond acceptors (Lipinski definition) is 6. The van der Waals surface area contributed by atoms with Gasteiger partial charge in [-0.1, -0.05) is 64.5 Å². The van der Waals surface area contributed by atoms with Crippen LogP contribution in [0.2, 0.25) is 0 Å². The van der Waals surface area contributed by atoms with Crippen molar-refractivity contribution >= 4 is 46.1 Å². The number of unbranched alkanes of at least 4 members (excludes halogenated alkanes) is 2. The van der Waals surface area contributed by atoms with Crippen LogP contribution in [0.4, 0.5) is 5.82 Å². The second-order valence-corrected chi connectivity index (χ2v) is 11.4. The van der Waals surface area contributed by atoms with E-state index in [0.717, 1.165) is 56.6 Å². The standard InChI is InChI=1S/C26H36N4O2S2/c1-6-8-9-11-30-25(32)22(34-26(30)33)13-20-19(5)21(14-27)24(31)29(10-7-2)23(20)28-15-17(3)12-18(4)16-28/h13,17-18H,6-12,15-16H2,1-5H3. The average Bonchev–Trinajstić information content (AvgIpc) is 3.04. The van der Waals surface area contributed by atoms with Crippen LogP contribution < -0.4 is 10.5 Å². The summed E-state index contributed by atoms with van der Waals surface area (Å²) in [6.45, 7) is 13.3. The van der Waals surface area contributed by atoms with Crippen molar-refractivity contribution < 1.29 is 4.79 Å². The lowest BCUT2D eigenvalue weighted by Gasteiger charge is -2.39. The third-order valence-corrected chi connectivity index (χ3v) is 7.97. The molecule has 2 aliphatic rings. The third-order valence-electron chi connectivity index (χ3n) is 6.60. The maximum atomic E-state index is 13.3. The Balaban J connectivity index is 2.17. The van der Waals surface area contributed by atoms with E-state index in [-0.39, 0.29) is 17.0 Å². The van der Waals surface area contributed by atoms with Crippen molar-refractivity contribution in [3.05, 3.63) is 31.9 Å². The number of piperidine rings is 1. The zero-order valence-corrected chi connectivity index (χ0v) is 22.7. The molecular weight excluding hydrogens is 464 g/mol. The van der Waals surface area contributed by atoms with Crippen LogP contribution in [0.3, 0.4) is 0 Å². The highest BCUT2D eigenvalue weighted by molar-refractivity contribution is 8.26. The molecule has 0 aliphatic carbocycles. The zero-order chi connectivity index (χ0) is 25.0. The molecule has 1 aromatic heterocycles. The number of amides is 1. The SMILES string of the molecule is CCCCCN1C(=O)C(=Cc2c(C)c(C#N)c(=O)n(CCC)c2N2CC(C)CC(C)C2)SC1=S. The highest BCUT2D eigenvalue weighted by Gasteiger charge is 2.33. The van der Waals surface area contributed by atoms with Gasteiger partial charge in [0, 0.05) is 31.7 Å². The molecule has 1 amide bonds. The van der Waals surface area contributed by atoms with Gasteiger partial charge in [-0.25, -0.2) is 0 Å². The topological polar surface area (TPSA) is 69.3 Å². The Morgan fingerprint density at radius 2 is 1.79 bits per heavy atom. The van der Waals surface area contributed by atoms with E-state index in [1.165, 1.54) is 11.8 Å². The first-order chi connectivity index (χ1) is 16.2. The van der Waals surface area contributed by atoms with Crippen LogP contribution in [0.15, 0.2) is 9.70 Å². The lowest BCUT2D eigenvalue weighted by molar-refractivity contribution is -0.122. The molecule has 3 rings (SSSR count). The van der Waals surface area contributed by atoms with E-state index in [4.69, 9.17) is 12.2 Å². The minimum atomic E-state index is -0.244. The minimum Gasteiger partial charge on any atom is -0.357 e. The Morgan fingerprint density at radius 1 is 1.12 bits per heavy atom. The number of hydrogen-bond donors (Lipinski definition) is 0. The van der Waals surface area contributed by atoms with Crippen LogP contribution in [0.25, 0.3) is 6.08 Å². The van der Waals surface area contributed by atoms with Gasteiger partial charge in [0.2, 0.25) is 0 Å². The van der Waals surface area contributed by atoms with Crippen LogP contribution in [-0.4, -0.2) is 39.3 Å². The number of anilines is 1. The molecule has 2 saturated heterocycles. The number of pyridine rings is 1. The zero-order valence-electron chi connectivity index (χ0n) is 21.0. The highest BCUT2D eigenvalue weighted by atomic mass is 32.2. The van der Waals surface area contributed by atoms with Crippen molar-refractivity contribution in [2.45, 2.75) is 73.3 Å². The Labute approximate surface area is 213 Å². The van der Waals surface area contributed by atoms with Gasteiger partial charge in [0.25, 0.3) is 11.5 Å². The van der Waals surface area contributed by atoms with Crippen molar-refractivity contribution in [1.29, 1.82) is 5.26 Å². The monoisotopic (exact) mass is 500 g/mol. The molecule has 0 aromatic carbocycles. The summed E-state index contributed by atoms with van der Waals surface area (Å²) in [7, 11) is 0. The summed E-state index contributed by atoms with van der Waals surface area (Å²) < 4.78 is 2.33. The van der Waals surface area contributed by atoms with Crippen molar-refractivity contribution in [3.8, 4) is 6.07 Å².